The largest absolute Gasteiger partial charge is 0.354 e. The van der Waals surface area contributed by atoms with Gasteiger partial charge in [-0.1, -0.05) is 6.07 Å². The van der Waals surface area contributed by atoms with Crippen LogP contribution >= 0.6 is 0 Å². The van der Waals surface area contributed by atoms with Gasteiger partial charge in [0.1, 0.15) is 0 Å². The molecule has 2 aliphatic rings. The highest BCUT2D eigenvalue weighted by Crippen LogP contribution is 2.45. The second kappa shape index (κ2) is 7.03. The molecule has 0 unspecified atom stereocenters. The van der Waals surface area contributed by atoms with E-state index in [0.717, 1.165) is 51.9 Å². The van der Waals surface area contributed by atoms with Gasteiger partial charge in [-0.05, 0) is 72.5 Å². The summed E-state index contributed by atoms with van der Waals surface area (Å²) in [5.41, 5.74) is 6.25. The van der Waals surface area contributed by atoms with Gasteiger partial charge in [-0.25, -0.2) is 8.42 Å². The second-order valence-electron chi connectivity index (χ2n) is 8.47. The first-order chi connectivity index (χ1) is 15.5. The summed E-state index contributed by atoms with van der Waals surface area (Å²) >= 11 is 0. The molecule has 0 N–H and O–H groups in total. The fourth-order valence-electron chi connectivity index (χ4n) is 4.41. The third-order valence-electron chi connectivity index (χ3n) is 6.31. The molecule has 6 rings (SSSR count). The monoisotopic (exact) mass is 442 g/mol. The Morgan fingerprint density at radius 3 is 2.41 bits per heavy atom. The van der Waals surface area contributed by atoms with Crippen molar-refractivity contribution in [3.05, 3.63) is 73.2 Å². The van der Waals surface area contributed by atoms with Crippen molar-refractivity contribution < 1.29 is 8.42 Å². The van der Waals surface area contributed by atoms with E-state index in [-0.39, 0.29) is 5.25 Å². The van der Waals surface area contributed by atoms with Gasteiger partial charge in [0.05, 0.1) is 39.9 Å². The summed E-state index contributed by atoms with van der Waals surface area (Å²) in [5, 5.41) is 0.865. The molecule has 0 atom stereocenters. The molecule has 0 bridgehead atoms. The molecule has 0 spiro atoms. The Bertz CT molecular complexity index is 1430. The van der Waals surface area contributed by atoms with Crippen LogP contribution in [0.2, 0.25) is 0 Å². The Balaban J connectivity index is 1.46. The van der Waals surface area contributed by atoms with Crippen molar-refractivity contribution in [1.29, 1.82) is 0 Å². The number of fused-ring (bicyclic) bond motifs is 3. The van der Waals surface area contributed by atoms with Gasteiger partial charge in [0.25, 0.3) is 0 Å². The quantitative estimate of drug-likeness (QED) is 0.453. The van der Waals surface area contributed by atoms with E-state index < -0.39 is 9.84 Å². The summed E-state index contributed by atoms with van der Waals surface area (Å²) in [6.07, 6.45) is 7.05. The van der Waals surface area contributed by atoms with E-state index in [4.69, 9.17) is 0 Å². The average Bonchev–Trinajstić information content (AvgIpc) is 3.64. The van der Waals surface area contributed by atoms with E-state index in [2.05, 4.69) is 31.9 Å². The molecule has 7 heteroatoms. The van der Waals surface area contributed by atoms with Gasteiger partial charge in [-0.15, -0.1) is 0 Å². The number of aromatic nitrogens is 2. The predicted octanol–water partition coefficient (Wildman–Crippen LogP) is 4.78. The van der Waals surface area contributed by atoms with Gasteiger partial charge >= 0.3 is 0 Å². The van der Waals surface area contributed by atoms with Crippen molar-refractivity contribution in [3.63, 3.8) is 0 Å². The number of pyridine rings is 2. The van der Waals surface area contributed by atoms with Crippen molar-refractivity contribution in [1.82, 2.24) is 9.97 Å². The standard InChI is InChI=1S/C25H22N4O2S/c1-28-16-29(19-3-5-20(6-4-19)32(30,31)21-7-8-21)25-22-14-18(17-10-12-26-13-11-17)2-9-23(22)27-15-24(25)28/h2-6,9-15,21H,7-8,16H2,1H3. The fourth-order valence-corrected chi connectivity index (χ4v) is 6.07. The summed E-state index contributed by atoms with van der Waals surface area (Å²) in [4.78, 5) is 13.6. The summed E-state index contributed by atoms with van der Waals surface area (Å²) in [6.45, 7) is 0.671. The van der Waals surface area contributed by atoms with Crippen LogP contribution in [-0.4, -0.2) is 37.4 Å². The van der Waals surface area contributed by atoms with E-state index in [1.54, 1.807) is 24.5 Å². The number of nitrogens with zero attached hydrogens (tertiary/aromatic N) is 4. The van der Waals surface area contributed by atoms with Crippen LogP contribution in [0.3, 0.4) is 0 Å². The Kier molecular flexibility index (Phi) is 4.23. The third kappa shape index (κ3) is 3.04. The first-order valence-electron chi connectivity index (χ1n) is 10.7. The molecule has 1 aliphatic carbocycles. The van der Waals surface area contributed by atoms with Crippen molar-refractivity contribution >= 4 is 37.8 Å². The Labute approximate surface area is 187 Å². The molecule has 4 aromatic rings. The van der Waals surface area contributed by atoms with Gasteiger partial charge in [0.15, 0.2) is 9.84 Å². The molecular weight excluding hydrogens is 420 g/mol. The number of hydrogen-bond donors (Lipinski definition) is 0. The smallest absolute Gasteiger partial charge is 0.181 e. The third-order valence-corrected chi connectivity index (χ3v) is 8.59. The van der Waals surface area contributed by atoms with Crippen molar-refractivity contribution in [2.75, 3.05) is 23.5 Å². The van der Waals surface area contributed by atoms with Crippen molar-refractivity contribution in [3.8, 4) is 11.1 Å². The molecular formula is C25H22N4O2S. The lowest BCUT2D eigenvalue weighted by molar-refractivity contribution is 0.595. The number of sulfone groups is 1. The first-order valence-corrected chi connectivity index (χ1v) is 12.2. The average molecular weight is 443 g/mol. The minimum atomic E-state index is -3.19. The summed E-state index contributed by atoms with van der Waals surface area (Å²) in [7, 11) is -1.15. The van der Waals surface area contributed by atoms with Crippen LogP contribution in [0.4, 0.5) is 17.1 Å². The molecule has 2 aromatic heterocycles. The van der Waals surface area contributed by atoms with Crippen LogP contribution < -0.4 is 9.80 Å². The lowest BCUT2D eigenvalue weighted by Gasteiger charge is -2.21. The van der Waals surface area contributed by atoms with Crippen LogP contribution in [0.15, 0.2) is 78.1 Å². The maximum absolute atomic E-state index is 12.6. The minimum absolute atomic E-state index is 0.200. The molecule has 0 amide bonds. The zero-order chi connectivity index (χ0) is 21.9. The molecule has 6 nitrogen and oxygen atoms in total. The van der Waals surface area contributed by atoms with E-state index in [9.17, 15) is 8.42 Å². The SMILES string of the molecule is CN1CN(c2ccc(S(=O)(=O)C3CC3)cc2)c2c1cnc1ccc(-c3ccncc3)cc21. The number of benzene rings is 2. The maximum atomic E-state index is 12.6. The number of rotatable bonds is 4. The Hall–Kier alpha value is -3.45. The molecule has 0 saturated heterocycles. The molecule has 1 saturated carbocycles. The Morgan fingerprint density at radius 2 is 1.69 bits per heavy atom. The number of anilines is 3. The Morgan fingerprint density at radius 1 is 0.938 bits per heavy atom. The molecule has 0 radical (unpaired) electrons. The molecule has 1 aliphatic heterocycles. The van der Waals surface area contributed by atoms with Gasteiger partial charge in [0.2, 0.25) is 0 Å². The summed E-state index contributed by atoms with van der Waals surface area (Å²) < 4.78 is 25.2. The van der Waals surface area contributed by atoms with Crippen LogP contribution in [0, 0.1) is 0 Å². The predicted molar refractivity (Wildman–Crippen MR) is 127 cm³/mol. The van der Waals surface area contributed by atoms with Gasteiger partial charge < -0.3 is 9.80 Å². The topological polar surface area (TPSA) is 66.4 Å². The molecule has 1 fully saturated rings. The van der Waals surface area contributed by atoms with Crippen molar-refractivity contribution in [2.24, 2.45) is 0 Å². The second-order valence-corrected chi connectivity index (χ2v) is 10.7. The van der Waals surface area contributed by atoms with E-state index in [0.29, 0.717) is 11.6 Å². The summed E-state index contributed by atoms with van der Waals surface area (Å²) in [5.74, 6) is 0. The normalized spacial score (nSPS) is 15.9. The lowest BCUT2D eigenvalue weighted by atomic mass is 10.0. The zero-order valence-corrected chi connectivity index (χ0v) is 18.5. The summed E-state index contributed by atoms with van der Waals surface area (Å²) in [6, 6.07) is 17.6. The number of hydrogen-bond acceptors (Lipinski definition) is 6. The fraction of sp³-hybridized carbons (Fsp3) is 0.200. The first kappa shape index (κ1) is 19.3. The molecule has 160 valence electrons. The molecule has 32 heavy (non-hydrogen) atoms. The van der Waals surface area contributed by atoms with E-state index in [1.807, 2.05) is 43.6 Å². The van der Waals surface area contributed by atoms with Crippen LogP contribution in [-0.2, 0) is 9.84 Å². The van der Waals surface area contributed by atoms with Crippen LogP contribution in [0.25, 0.3) is 22.0 Å². The highest BCUT2D eigenvalue weighted by Gasteiger charge is 2.37. The zero-order valence-electron chi connectivity index (χ0n) is 17.6. The van der Waals surface area contributed by atoms with E-state index >= 15 is 0 Å². The lowest BCUT2D eigenvalue weighted by Crippen LogP contribution is -2.24. The molecule has 3 heterocycles. The van der Waals surface area contributed by atoms with Crippen LogP contribution in [0.1, 0.15) is 12.8 Å². The molecule has 2 aromatic carbocycles. The van der Waals surface area contributed by atoms with Crippen LogP contribution in [0.5, 0.6) is 0 Å². The highest BCUT2D eigenvalue weighted by molar-refractivity contribution is 7.92. The minimum Gasteiger partial charge on any atom is -0.354 e. The van der Waals surface area contributed by atoms with Gasteiger partial charge in [0, 0.05) is 30.5 Å². The highest BCUT2D eigenvalue weighted by atomic mass is 32.2. The van der Waals surface area contributed by atoms with Crippen molar-refractivity contribution in [2.45, 2.75) is 23.0 Å². The van der Waals surface area contributed by atoms with E-state index in [1.165, 1.54) is 0 Å². The van der Waals surface area contributed by atoms with Gasteiger partial charge in [-0.2, -0.15) is 0 Å². The van der Waals surface area contributed by atoms with Gasteiger partial charge in [-0.3, -0.25) is 9.97 Å². The maximum Gasteiger partial charge on any atom is 0.181 e.